The second kappa shape index (κ2) is 7.14. The molecule has 126 valence electrons. The van der Waals surface area contributed by atoms with Crippen LogP contribution in [-0.2, 0) is 9.59 Å². The lowest BCUT2D eigenvalue weighted by atomic mass is 10.0. The molecule has 0 N–H and O–H groups in total. The van der Waals surface area contributed by atoms with Gasteiger partial charge in [0.05, 0.1) is 22.9 Å². The Morgan fingerprint density at radius 2 is 1.79 bits per heavy atom. The average Bonchev–Trinajstić information content (AvgIpc) is 2.75. The molecule has 1 fully saturated rings. The number of carboxylic acids is 2. The monoisotopic (exact) mass is 363 g/mol. The average molecular weight is 363 g/mol. The van der Waals surface area contributed by atoms with E-state index in [-0.39, 0.29) is 20.7 Å². The Morgan fingerprint density at radius 1 is 1.21 bits per heavy atom. The van der Waals surface area contributed by atoms with Crippen molar-refractivity contribution in [2.75, 3.05) is 0 Å². The van der Waals surface area contributed by atoms with Crippen LogP contribution in [0.3, 0.4) is 0 Å². The van der Waals surface area contributed by atoms with Crippen molar-refractivity contribution in [1.29, 1.82) is 0 Å². The highest BCUT2D eigenvalue weighted by atomic mass is 32.2. The minimum absolute atomic E-state index is 0.0246. The van der Waals surface area contributed by atoms with Crippen LogP contribution in [0.1, 0.15) is 29.8 Å². The van der Waals surface area contributed by atoms with Crippen LogP contribution in [0.4, 0.5) is 0 Å². The van der Waals surface area contributed by atoms with Crippen molar-refractivity contribution in [3.8, 4) is 0 Å². The predicted octanol–water partition coefficient (Wildman–Crippen LogP) is 0.0258. The molecule has 1 aliphatic rings. The summed E-state index contributed by atoms with van der Waals surface area (Å²) in [6.07, 6.45) is 1.53. The number of hydrogen-bond acceptors (Lipinski definition) is 7. The van der Waals surface area contributed by atoms with Crippen LogP contribution < -0.4 is 10.2 Å². The van der Waals surface area contributed by atoms with Crippen molar-refractivity contribution in [1.82, 2.24) is 4.90 Å². The van der Waals surface area contributed by atoms with Gasteiger partial charge in [-0.15, -0.1) is 0 Å². The standard InChI is InChI=1S/C16H15NO5S2/c1-8(2)12(15(21)22)17-13(18)11(24-16(17)23)7-9-3-5-10(6-4-9)14(19)20/h3-8,12H,1-2H3,(H,19,20)(H,21,22)/p-2/t12-/m0/s1. The highest BCUT2D eigenvalue weighted by Gasteiger charge is 2.38. The number of amides is 1. The van der Waals surface area contributed by atoms with Gasteiger partial charge in [0.2, 0.25) is 0 Å². The van der Waals surface area contributed by atoms with Crippen LogP contribution in [0.2, 0.25) is 0 Å². The zero-order valence-corrected chi connectivity index (χ0v) is 14.5. The number of nitrogens with zero attached hydrogens (tertiary/aromatic N) is 1. The zero-order chi connectivity index (χ0) is 18.0. The summed E-state index contributed by atoms with van der Waals surface area (Å²) in [5.41, 5.74) is 0.617. The topological polar surface area (TPSA) is 101 Å². The summed E-state index contributed by atoms with van der Waals surface area (Å²) in [4.78, 5) is 35.9. The molecular weight excluding hydrogens is 350 g/mol. The molecule has 1 amide bonds. The number of carbonyl (C=O) groups is 3. The lowest BCUT2D eigenvalue weighted by Gasteiger charge is -2.30. The molecule has 1 aromatic rings. The summed E-state index contributed by atoms with van der Waals surface area (Å²) in [6, 6.07) is 4.64. The van der Waals surface area contributed by atoms with Crippen LogP contribution in [0.15, 0.2) is 29.2 Å². The molecule has 24 heavy (non-hydrogen) atoms. The molecule has 1 aliphatic heterocycles. The maximum absolute atomic E-state index is 12.5. The van der Waals surface area contributed by atoms with Crippen molar-refractivity contribution in [2.45, 2.75) is 19.9 Å². The summed E-state index contributed by atoms with van der Waals surface area (Å²) in [5.74, 6) is -3.52. The van der Waals surface area contributed by atoms with Gasteiger partial charge in [0.1, 0.15) is 4.32 Å². The number of hydrogen-bond donors (Lipinski definition) is 0. The maximum Gasteiger partial charge on any atom is 0.266 e. The molecule has 1 saturated heterocycles. The maximum atomic E-state index is 12.5. The molecule has 0 bridgehead atoms. The summed E-state index contributed by atoms with van der Waals surface area (Å²) < 4.78 is 0.153. The Balaban J connectivity index is 2.30. The van der Waals surface area contributed by atoms with E-state index in [2.05, 4.69) is 0 Å². The summed E-state index contributed by atoms with van der Waals surface area (Å²) in [7, 11) is 0. The van der Waals surface area contributed by atoms with E-state index >= 15 is 0 Å². The molecule has 1 aromatic carbocycles. The van der Waals surface area contributed by atoms with E-state index in [0.29, 0.717) is 5.56 Å². The van der Waals surface area contributed by atoms with Gasteiger partial charge < -0.3 is 19.8 Å². The lowest BCUT2D eigenvalue weighted by molar-refractivity contribution is -0.311. The minimum Gasteiger partial charge on any atom is -0.548 e. The van der Waals surface area contributed by atoms with Crippen molar-refractivity contribution < 1.29 is 24.6 Å². The third kappa shape index (κ3) is 3.65. The first-order chi connectivity index (χ1) is 11.2. The minimum atomic E-state index is -1.36. The first-order valence-corrected chi connectivity index (χ1v) is 8.24. The van der Waals surface area contributed by atoms with E-state index in [4.69, 9.17) is 12.2 Å². The van der Waals surface area contributed by atoms with Gasteiger partial charge in [-0.05, 0) is 23.1 Å². The SMILES string of the molecule is CC(C)[C@@H](C(=O)[O-])N1C(=O)C(=Cc2ccc(C(=O)[O-])cc2)SC1=S. The van der Waals surface area contributed by atoms with Gasteiger partial charge in [0.15, 0.2) is 0 Å². The summed E-state index contributed by atoms with van der Waals surface area (Å²) in [6.45, 7) is 3.34. The Kier molecular flexibility index (Phi) is 5.40. The number of aromatic carboxylic acids is 1. The van der Waals surface area contributed by atoms with Crippen LogP contribution in [-0.4, -0.2) is 33.1 Å². The van der Waals surface area contributed by atoms with E-state index in [9.17, 15) is 24.6 Å². The van der Waals surface area contributed by atoms with Gasteiger partial charge >= 0.3 is 0 Å². The highest BCUT2D eigenvalue weighted by molar-refractivity contribution is 8.26. The third-order valence-electron chi connectivity index (χ3n) is 3.42. The Hall–Kier alpha value is -2.19. The van der Waals surface area contributed by atoms with Gasteiger partial charge in [-0.3, -0.25) is 9.69 Å². The Morgan fingerprint density at radius 3 is 2.25 bits per heavy atom. The van der Waals surface area contributed by atoms with Crippen LogP contribution >= 0.6 is 24.0 Å². The molecule has 0 spiro atoms. The predicted molar refractivity (Wildman–Crippen MR) is 89.4 cm³/mol. The first-order valence-electron chi connectivity index (χ1n) is 7.01. The van der Waals surface area contributed by atoms with Gasteiger partial charge in [-0.1, -0.05) is 62.1 Å². The van der Waals surface area contributed by atoms with Gasteiger partial charge in [0.25, 0.3) is 5.91 Å². The van der Waals surface area contributed by atoms with Crippen molar-refractivity contribution >= 4 is 52.2 Å². The fourth-order valence-corrected chi connectivity index (χ4v) is 3.59. The normalized spacial score (nSPS) is 17.6. The van der Waals surface area contributed by atoms with Gasteiger partial charge in [0, 0.05) is 0 Å². The van der Waals surface area contributed by atoms with Crippen LogP contribution in [0.25, 0.3) is 6.08 Å². The van der Waals surface area contributed by atoms with Crippen LogP contribution in [0.5, 0.6) is 0 Å². The van der Waals surface area contributed by atoms with E-state index in [1.54, 1.807) is 13.8 Å². The second-order valence-electron chi connectivity index (χ2n) is 5.47. The van der Waals surface area contributed by atoms with Crippen molar-refractivity contribution in [2.24, 2.45) is 5.92 Å². The van der Waals surface area contributed by atoms with E-state index in [1.165, 1.54) is 30.3 Å². The Bertz CT molecular complexity index is 739. The molecule has 0 aromatic heterocycles. The number of thiocarbonyl (C=S) groups is 1. The number of aliphatic carboxylic acids is 1. The molecule has 0 aliphatic carbocycles. The number of carbonyl (C=O) groups excluding carboxylic acids is 3. The molecule has 0 unspecified atom stereocenters. The van der Waals surface area contributed by atoms with Gasteiger partial charge in [-0.2, -0.15) is 0 Å². The van der Waals surface area contributed by atoms with Gasteiger partial charge in [-0.25, -0.2) is 0 Å². The smallest absolute Gasteiger partial charge is 0.266 e. The Labute approximate surface area is 148 Å². The summed E-state index contributed by atoms with van der Waals surface area (Å²) in [5, 5.41) is 22.1. The molecule has 6 nitrogen and oxygen atoms in total. The number of benzene rings is 1. The number of carboxylic acid groups (broad SMARTS) is 2. The zero-order valence-electron chi connectivity index (χ0n) is 12.8. The van der Waals surface area contributed by atoms with E-state index in [0.717, 1.165) is 16.7 Å². The number of thioether (sulfide) groups is 1. The molecule has 2 rings (SSSR count). The number of rotatable bonds is 5. The molecule has 0 radical (unpaired) electrons. The summed E-state index contributed by atoms with van der Waals surface area (Å²) >= 11 is 6.13. The van der Waals surface area contributed by atoms with Crippen LogP contribution in [0, 0.1) is 5.92 Å². The largest absolute Gasteiger partial charge is 0.548 e. The molecule has 8 heteroatoms. The lowest BCUT2D eigenvalue weighted by Crippen LogP contribution is -2.52. The third-order valence-corrected chi connectivity index (χ3v) is 4.75. The molecule has 1 heterocycles. The van der Waals surface area contributed by atoms with E-state index in [1.807, 2.05) is 0 Å². The van der Waals surface area contributed by atoms with Crippen molar-refractivity contribution in [3.05, 3.63) is 40.3 Å². The molecular formula is C16H13NO5S2-2. The van der Waals surface area contributed by atoms with E-state index < -0.39 is 23.9 Å². The second-order valence-corrected chi connectivity index (χ2v) is 7.14. The molecule has 0 saturated carbocycles. The first kappa shape index (κ1) is 18.2. The molecule has 1 atom stereocenters. The highest BCUT2D eigenvalue weighted by Crippen LogP contribution is 2.35. The fourth-order valence-electron chi connectivity index (χ4n) is 2.26. The quantitative estimate of drug-likeness (QED) is 0.537. The fraction of sp³-hybridized carbons (Fsp3) is 0.250. The van der Waals surface area contributed by atoms with Crippen molar-refractivity contribution in [3.63, 3.8) is 0 Å².